The van der Waals surface area contributed by atoms with Crippen molar-refractivity contribution in [3.8, 4) is 0 Å². The molecule has 0 aliphatic rings. The van der Waals surface area contributed by atoms with Gasteiger partial charge < -0.3 is 9.73 Å². The van der Waals surface area contributed by atoms with Crippen LogP contribution in [0.2, 0.25) is 10.0 Å². The molecular weight excluding hydrogens is 327 g/mol. The Hall–Kier alpha value is -2.24. The largest absolute Gasteiger partial charge is 0.419 e. The lowest BCUT2D eigenvalue weighted by Gasteiger charge is -2.08. The molecule has 1 heterocycles. The summed E-state index contributed by atoms with van der Waals surface area (Å²) in [5, 5.41) is 3.29. The van der Waals surface area contributed by atoms with E-state index in [-0.39, 0.29) is 10.9 Å². The quantitative estimate of drug-likeness (QED) is 0.776. The molecule has 0 fully saturated rings. The zero-order valence-electron chi connectivity index (χ0n) is 11.4. The third-order valence-corrected chi connectivity index (χ3v) is 4.07. The number of hydrogen-bond acceptors (Lipinski definition) is 3. The topological polar surface area (TPSA) is 64.2 Å². The maximum absolute atomic E-state index is 12.3. The number of carbonyl (C=O) groups excluding carboxylic acids is 1. The van der Waals surface area contributed by atoms with E-state index < -0.39 is 5.76 Å². The first kappa shape index (κ1) is 14.7. The number of benzene rings is 2. The lowest BCUT2D eigenvalue weighted by atomic mass is 10.2. The summed E-state index contributed by atoms with van der Waals surface area (Å²) < 4.78 is 6.43. The van der Waals surface area contributed by atoms with Crippen LogP contribution in [-0.2, 0) is 7.05 Å². The van der Waals surface area contributed by atoms with Gasteiger partial charge in [0.2, 0.25) is 0 Å². The fraction of sp³-hybridized carbons (Fsp3) is 0.0667. The molecule has 3 aromatic rings. The number of anilines is 1. The molecule has 0 aliphatic heterocycles. The van der Waals surface area contributed by atoms with Crippen molar-refractivity contribution < 1.29 is 9.21 Å². The van der Waals surface area contributed by atoms with Gasteiger partial charge >= 0.3 is 5.76 Å². The zero-order chi connectivity index (χ0) is 15.9. The van der Waals surface area contributed by atoms with E-state index in [1.165, 1.54) is 10.6 Å². The number of aromatic nitrogens is 1. The van der Waals surface area contributed by atoms with Crippen LogP contribution in [0.4, 0.5) is 5.69 Å². The van der Waals surface area contributed by atoms with Crippen molar-refractivity contribution in [1.29, 1.82) is 0 Å². The van der Waals surface area contributed by atoms with Crippen molar-refractivity contribution in [2.45, 2.75) is 0 Å². The molecule has 5 nitrogen and oxygen atoms in total. The number of amides is 1. The molecule has 0 saturated carbocycles. The van der Waals surface area contributed by atoms with Crippen LogP contribution in [0.5, 0.6) is 0 Å². The first-order valence-corrected chi connectivity index (χ1v) is 7.08. The third kappa shape index (κ3) is 2.49. The van der Waals surface area contributed by atoms with Gasteiger partial charge in [-0.25, -0.2) is 4.79 Å². The van der Waals surface area contributed by atoms with Crippen LogP contribution in [0.3, 0.4) is 0 Å². The molecular formula is C15H10Cl2N2O3. The Bertz CT molecular complexity index is 944. The summed E-state index contributed by atoms with van der Waals surface area (Å²) in [4.78, 5) is 23.7. The number of aryl methyl sites for hydroxylation is 1. The summed E-state index contributed by atoms with van der Waals surface area (Å²) in [6, 6.07) is 9.71. The first-order chi connectivity index (χ1) is 10.5. The molecule has 1 aromatic heterocycles. The summed E-state index contributed by atoms with van der Waals surface area (Å²) in [6.45, 7) is 0. The number of nitrogens with one attached hydrogen (secondary N) is 1. The van der Waals surface area contributed by atoms with Gasteiger partial charge in [0.1, 0.15) is 0 Å². The lowest BCUT2D eigenvalue weighted by molar-refractivity contribution is 0.102. The molecule has 0 spiro atoms. The molecule has 0 radical (unpaired) electrons. The van der Waals surface area contributed by atoms with Gasteiger partial charge in [0, 0.05) is 12.6 Å². The van der Waals surface area contributed by atoms with Crippen LogP contribution in [0.15, 0.2) is 45.6 Å². The molecule has 22 heavy (non-hydrogen) atoms. The van der Waals surface area contributed by atoms with Gasteiger partial charge in [0.15, 0.2) is 5.58 Å². The molecule has 2 aromatic carbocycles. The van der Waals surface area contributed by atoms with Gasteiger partial charge in [0.25, 0.3) is 5.91 Å². The number of carbonyl (C=O) groups is 1. The van der Waals surface area contributed by atoms with Crippen molar-refractivity contribution in [3.63, 3.8) is 0 Å². The highest BCUT2D eigenvalue weighted by molar-refractivity contribution is 6.44. The molecule has 0 unspecified atom stereocenters. The normalized spacial score (nSPS) is 10.9. The highest BCUT2D eigenvalue weighted by atomic mass is 35.5. The average Bonchev–Trinajstić information content (AvgIpc) is 2.78. The predicted octanol–water partition coefficient (Wildman–Crippen LogP) is 3.69. The van der Waals surface area contributed by atoms with Crippen LogP contribution >= 0.6 is 23.2 Å². The van der Waals surface area contributed by atoms with E-state index in [1.807, 2.05) is 0 Å². The molecule has 0 aliphatic carbocycles. The smallest absolute Gasteiger partial charge is 0.408 e. The summed E-state index contributed by atoms with van der Waals surface area (Å²) in [5.41, 5.74) is 1.71. The summed E-state index contributed by atoms with van der Waals surface area (Å²) in [5.74, 6) is -0.858. The highest BCUT2D eigenvalue weighted by Crippen LogP contribution is 2.30. The first-order valence-electron chi connectivity index (χ1n) is 6.32. The number of oxazole rings is 1. The molecule has 0 atom stereocenters. The standard InChI is InChI=1S/C15H10Cl2N2O3/c1-19-11-6-5-8(7-12(11)22-15(19)21)14(20)18-10-4-2-3-9(16)13(10)17/h2-7H,1H3,(H,18,20). The maximum atomic E-state index is 12.3. The Labute approximate surface area is 135 Å². The second-order valence-electron chi connectivity index (χ2n) is 4.66. The molecule has 1 amide bonds. The SMILES string of the molecule is Cn1c(=O)oc2cc(C(=O)Nc3cccc(Cl)c3Cl)ccc21. The van der Waals surface area contributed by atoms with Crippen molar-refractivity contribution in [2.24, 2.45) is 7.05 Å². The second kappa shape index (κ2) is 5.51. The van der Waals surface area contributed by atoms with E-state index in [4.69, 9.17) is 27.6 Å². The highest BCUT2D eigenvalue weighted by Gasteiger charge is 2.13. The lowest BCUT2D eigenvalue weighted by Crippen LogP contribution is -2.12. The minimum absolute atomic E-state index is 0.268. The van der Waals surface area contributed by atoms with Gasteiger partial charge in [-0.2, -0.15) is 0 Å². The minimum Gasteiger partial charge on any atom is -0.408 e. The van der Waals surface area contributed by atoms with Crippen LogP contribution in [-0.4, -0.2) is 10.5 Å². The Kier molecular flexibility index (Phi) is 3.68. The van der Waals surface area contributed by atoms with Gasteiger partial charge in [0.05, 0.1) is 21.2 Å². The molecule has 0 saturated heterocycles. The summed E-state index contributed by atoms with van der Waals surface area (Å²) >= 11 is 11.9. The van der Waals surface area contributed by atoms with Crippen LogP contribution in [0.25, 0.3) is 11.1 Å². The fourth-order valence-electron chi connectivity index (χ4n) is 2.07. The van der Waals surface area contributed by atoms with Gasteiger partial charge in [-0.1, -0.05) is 29.3 Å². The van der Waals surface area contributed by atoms with Crippen LogP contribution in [0.1, 0.15) is 10.4 Å². The maximum Gasteiger partial charge on any atom is 0.419 e. The summed E-state index contributed by atoms with van der Waals surface area (Å²) in [6.07, 6.45) is 0. The van der Waals surface area contributed by atoms with Gasteiger partial charge in [-0.3, -0.25) is 9.36 Å². The Balaban J connectivity index is 1.95. The number of nitrogens with zero attached hydrogens (tertiary/aromatic N) is 1. The van der Waals surface area contributed by atoms with E-state index in [2.05, 4.69) is 5.32 Å². The molecule has 7 heteroatoms. The Morgan fingerprint density at radius 1 is 1.23 bits per heavy atom. The molecule has 0 bridgehead atoms. The molecule has 112 valence electrons. The average molecular weight is 337 g/mol. The number of fused-ring (bicyclic) bond motifs is 1. The van der Waals surface area contributed by atoms with Crippen molar-refractivity contribution in [3.05, 3.63) is 62.6 Å². The monoisotopic (exact) mass is 336 g/mol. The van der Waals surface area contributed by atoms with Crippen LogP contribution in [0, 0.1) is 0 Å². The van der Waals surface area contributed by atoms with E-state index in [9.17, 15) is 9.59 Å². The summed E-state index contributed by atoms with van der Waals surface area (Å²) in [7, 11) is 1.60. The van der Waals surface area contributed by atoms with E-state index in [0.717, 1.165) is 0 Å². The Morgan fingerprint density at radius 2 is 2.00 bits per heavy atom. The van der Waals surface area contributed by atoms with Crippen molar-refractivity contribution in [1.82, 2.24) is 4.57 Å². The molecule has 3 rings (SSSR count). The van der Waals surface area contributed by atoms with Crippen molar-refractivity contribution in [2.75, 3.05) is 5.32 Å². The number of hydrogen-bond donors (Lipinski definition) is 1. The van der Waals surface area contributed by atoms with Crippen LogP contribution < -0.4 is 11.1 Å². The predicted molar refractivity (Wildman–Crippen MR) is 85.9 cm³/mol. The van der Waals surface area contributed by atoms with Gasteiger partial charge in [-0.05, 0) is 30.3 Å². The Morgan fingerprint density at radius 3 is 2.77 bits per heavy atom. The van der Waals surface area contributed by atoms with E-state index in [1.54, 1.807) is 37.4 Å². The second-order valence-corrected chi connectivity index (χ2v) is 5.45. The van der Waals surface area contributed by atoms with E-state index in [0.29, 0.717) is 27.4 Å². The zero-order valence-corrected chi connectivity index (χ0v) is 12.9. The number of rotatable bonds is 2. The minimum atomic E-state index is -0.481. The molecule has 1 N–H and O–H groups in total. The number of halogens is 2. The van der Waals surface area contributed by atoms with Gasteiger partial charge in [-0.15, -0.1) is 0 Å². The van der Waals surface area contributed by atoms with E-state index >= 15 is 0 Å². The third-order valence-electron chi connectivity index (χ3n) is 3.25. The van der Waals surface area contributed by atoms with Crippen molar-refractivity contribution >= 4 is 45.9 Å². The fourth-order valence-corrected chi connectivity index (χ4v) is 2.42.